The van der Waals surface area contributed by atoms with Crippen molar-refractivity contribution in [1.82, 2.24) is 25.6 Å². The SMILES string of the molecule is O=C(O)CC[C@H](NC(=O)N[C@@H](CCc1cn(CCF)nn1)C(=O)O)C(=O)O. The lowest BCUT2D eigenvalue weighted by molar-refractivity contribution is -0.140. The summed E-state index contributed by atoms with van der Waals surface area (Å²) in [7, 11) is 0. The van der Waals surface area contributed by atoms with Crippen molar-refractivity contribution in [3.63, 3.8) is 0 Å². The van der Waals surface area contributed by atoms with Gasteiger partial charge in [0.2, 0.25) is 0 Å². The van der Waals surface area contributed by atoms with Gasteiger partial charge >= 0.3 is 23.9 Å². The smallest absolute Gasteiger partial charge is 0.326 e. The highest BCUT2D eigenvalue weighted by molar-refractivity contribution is 5.86. The van der Waals surface area contributed by atoms with E-state index in [0.29, 0.717) is 5.69 Å². The molecule has 1 heterocycles. The third-order valence-corrected chi connectivity index (χ3v) is 3.44. The second-order valence-corrected chi connectivity index (χ2v) is 5.53. The molecule has 1 aromatic heterocycles. The van der Waals surface area contributed by atoms with Gasteiger partial charge in [-0.25, -0.2) is 23.5 Å². The fraction of sp³-hybridized carbons (Fsp3) is 0.571. The molecule has 0 saturated heterocycles. The maximum absolute atomic E-state index is 12.2. The summed E-state index contributed by atoms with van der Waals surface area (Å²) >= 11 is 0. The third-order valence-electron chi connectivity index (χ3n) is 3.44. The van der Waals surface area contributed by atoms with Crippen LogP contribution in [0, 0.1) is 0 Å². The number of nitrogens with one attached hydrogen (secondary N) is 2. The number of rotatable bonds is 12. The second-order valence-electron chi connectivity index (χ2n) is 5.53. The Balaban J connectivity index is 2.58. The summed E-state index contributed by atoms with van der Waals surface area (Å²) in [6, 6.07) is -3.87. The van der Waals surface area contributed by atoms with E-state index >= 15 is 0 Å². The first kappa shape index (κ1) is 21.8. The van der Waals surface area contributed by atoms with Gasteiger partial charge < -0.3 is 26.0 Å². The number of aliphatic carboxylic acids is 3. The molecule has 12 nitrogen and oxygen atoms in total. The van der Waals surface area contributed by atoms with E-state index in [0.717, 1.165) is 0 Å². The molecular weight excluding hydrogens is 369 g/mol. The zero-order valence-corrected chi connectivity index (χ0v) is 14.2. The Bertz CT molecular complexity index is 681. The lowest BCUT2D eigenvalue weighted by Gasteiger charge is -2.18. The van der Waals surface area contributed by atoms with E-state index in [1.807, 2.05) is 5.32 Å². The molecule has 1 rings (SSSR count). The molecule has 13 heteroatoms. The van der Waals surface area contributed by atoms with Gasteiger partial charge in [0.15, 0.2) is 0 Å². The number of halogens is 1. The van der Waals surface area contributed by atoms with Crippen LogP contribution in [0.3, 0.4) is 0 Å². The highest BCUT2D eigenvalue weighted by Gasteiger charge is 2.25. The number of hydrogen-bond acceptors (Lipinski definition) is 6. The number of hydrogen-bond donors (Lipinski definition) is 5. The van der Waals surface area contributed by atoms with E-state index in [1.165, 1.54) is 10.9 Å². The topological polar surface area (TPSA) is 184 Å². The van der Waals surface area contributed by atoms with Gasteiger partial charge in [-0.1, -0.05) is 5.21 Å². The molecule has 0 saturated carbocycles. The van der Waals surface area contributed by atoms with Gasteiger partial charge in [0.1, 0.15) is 18.8 Å². The summed E-state index contributed by atoms with van der Waals surface area (Å²) in [4.78, 5) is 44.7. The molecule has 150 valence electrons. The Hall–Kier alpha value is -3.25. The average molecular weight is 389 g/mol. The molecule has 0 aromatic carbocycles. The quantitative estimate of drug-likeness (QED) is 0.307. The van der Waals surface area contributed by atoms with Crippen LogP contribution in [0.4, 0.5) is 9.18 Å². The fourth-order valence-electron chi connectivity index (χ4n) is 2.08. The van der Waals surface area contributed by atoms with Crippen LogP contribution in [-0.4, -0.2) is 73.0 Å². The predicted molar refractivity (Wildman–Crippen MR) is 85.7 cm³/mol. The van der Waals surface area contributed by atoms with Crippen molar-refractivity contribution in [2.45, 2.75) is 44.3 Å². The number of carboxylic acids is 3. The Morgan fingerprint density at radius 1 is 1.07 bits per heavy atom. The number of nitrogens with zero attached hydrogens (tertiary/aromatic N) is 3. The number of urea groups is 1. The second kappa shape index (κ2) is 10.7. The number of aromatic nitrogens is 3. The van der Waals surface area contributed by atoms with Crippen molar-refractivity contribution in [2.75, 3.05) is 6.67 Å². The van der Waals surface area contributed by atoms with E-state index in [2.05, 4.69) is 15.6 Å². The lowest BCUT2D eigenvalue weighted by Crippen LogP contribution is -2.51. The van der Waals surface area contributed by atoms with Crippen molar-refractivity contribution in [3.8, 4) is 0 Å². The number of carbonyl (C=O) groups excluding carboxylic acids is 1. The summed E-state index contributed by atoms with van der Waals surface area (Å²) in [6.07, 6.45) is 0.682. The van der Waals surface area contributed by atoms with Gasteiger partial charge in [-0.15, -0.1) is 5.10 Å². The van der Waals surface area contributed by atoms with Crippen molar-refractivity contribution < 1.29 is 38.9 Å². The average Bonchev–Trinajstić information content (AvgIpc) is 3.02. The number of aryl methyl sites for hydroxylation is 2. The van der Waals surface area contributed by atoms with Gasteiger partial charge in [-0.3, -0.25) is 4.79 Å². The van der Waals surface area contributed by atoms with Gasteiger partial charge in [0, 0.05) is 12.6 Å². The molecule has 0 aliphatic rings. The zero-order valence-electron chi connectivity index (χ0n) is 14.2. The molecule has 0 radical (unpaired) electrons. The Kier molecular flexibility index (Phi) is 8.62. The van der Waals surface area contributed by atoms with Gasteiger partial charge in [-0.05, 0) is 19.3 Å². The van der Waals surface area contributed by atoms with E-state index in [9.17, 15) is 28.7 Å². The van der Waals surface area contributed by atoms with Crippen LogP contribution < -0.4 is 10.6 Å². The molecule has 2 atom stereocenters. The molecule has 27 heavy (non-hydrogen) atoms. The standard InChI is InChI=1S/C14H20FN5O7/c15-5-6-20-7-8(18-19-20)1-2-9(12(23)24)16-14(27)17-10(13(25)26)3-4-11(21)22/h7,9-10H,1-6H2,(H,21,22)(H,23,24)(H,25,26)(H2,16,17,27)/t9-,10-/m0/s1. The number of carbonyl (C=O) groups is 4. The summed E-state index contributed by atoms with van der Waals surface area (Å²) in [5, 5.41) is 38.3. The fourth-order valence-corrected chi connectivity index (χ4v) is 2.08. The van der Waals surface area contributed by atoms with Crippen LogP contribution in [0.5, 0.6) is 0 Å². The largest absolute Gasteiger partial charge is 0.481 e. The van der Waals surface area contributed by atoms with Crippen molar-refractivity contribution >= 4 is 23.9 Å². The van der Waals surface area contributed by atoms with E-state index in [-0.39, 0.29) is 25.8 Å². The number of carboxylic acid groups (broad SMARTS) is 3. The molecule has 0 bridgehead atoms. The van der Waals surface area contributed by atoms with Crippen LogP contribution in [0.1, 0.15) is 25.0 Å². The molecule has 0 unspecified atom stereocenters. The van der Waals surface area contributed by atoms with Crippen molar-refractivity contribution in [3.05, 3.63) is 11.9 Å². The lowest BCUT2D eigenvalue weighted by atomic mass is 10.1. The summed E-state index contributed by atoms with van der Waals surface area (Å²) < 4.78 is 13.5. The van der Waals surface area contributed by atoms with Crippen molar-refractivity contribution in [1.29, 1.82) is 0 Å². The molecule has 2 amide bonds. The minimum absolute atomic E-state index is 0.0168. The van der Waals surface area contributed by atoms with Gasteiger partial charge in [0.25, 0.3) is 0 Å². The molecule has 0 fully saturated rings. The van der Waals surface area contributed by atoms with Crippen LogP contribution >= 0.6 is 0 Å². The molecule has 0 aliphatic carbocycles. The van der Waals surface area contributed by atoms with E-state index in [1.54, 1.807) is 0 Å². The normalized spacial score (nSPS) is 12.8. The first-order valence-electron chi connectivity index (χ1n) is 7.92. The van der Waals surface area contributed by atoms with Gasteiger partial charge in [-0.2, -0.15) is 0 Å². The summed E-state index contributed by atoms with van der Waals surface area (Å²) in [5.74, 6) is -4.02. The Morgan fingerprint density at radius 3 is 2.19 bits per heavy atom. The molecule has 0 aliphatic heterocycles. The van der Waals surface area contributed by atoms with E-state index < -0.39 is 49.1 Å². The molecule has 1 aromatic rings. The third kappa shape index (κ3) is 8.11. The first-order chi connectivity index (χ1) is 12.7. The van der Waals surface area contributed by atoms with Crippen LogP contribution in [0.15, 0.2) is 6.20 Å². The molecule has 5 N–H and O–H groups in total. The van der Waals surface area contributed by atoms with Gasteiger partial charge in [0.05, 0.1) is 12.2 Å². The zero-order chi connectivity index (χ0) is 20.4. The Labute approximate surface area is 152 Å². The monoisotopic (exact) mass is 389 g/mol. The Morgan fingerprint density at radius 2 is 1.67 bits per heavy atom. The van der Waals surface area contributed by atoms with Crippen LogP contribution in [0.2, 0.25) is 0 Å². The number of amides is 2. The molecular formula is C14H20FN5O7. The van der Waals surface area contributed by atoms with Crippen LogP contribution in [-0.2, 0) is 27.3 Å². The molecule has 0 spiro atoms. The maximum atomic E-state index is 12.2. The summed E-state index contributed by atoms with van der Waals surface area (Å²) in [5.41, 5.74) is 0.404. The first-order valence-corrected chi connectivity index (χ1v) is 7.92. The maximum Gasteiger partial charge on any atom is 0.326 e. The predicted octanol–water partition coefficient (Wildman–Crippen LogP) is -0.749. The highest BCUT2D eigenvalue weighted by atomic mass is 19.1. The highest BCUT2D eigenvalue weighted by Crippen LogP contribution is 2.04. The minimum Gasteiger partial charge on any atom is -0.481 e. The van der Waals surface area contributed by atoms with Crippen molar-refractivity contribution in [2.24, 2.45) is 0 Å². The number of alkyl halides is 1. The summed E-state index contributed by atoms with van der Waals surface area (Å²) in [6.45, 7) is -0.613. The minimum atomic E-state index is -1.48. The van der Waals surface area contributed by atoms with Crippen LogP contribution in [0.25, 0.3) is 0 Å². The van der Waals surface area contributed by atoms with E-state index in [4.69, 9.17) is 10.2 Å².